The van der Waals surface area contributed by atoms with Gasteiger partial charge in [-0.15, -0.1) is 0 Å². The topological polar surface area (TPSA) is 123 Å². The number of pyridine rings is 1. The summed E-state index contributed by atoms with van der Waals surface area (Å²) >= 11 is 0. The van der Waals surface area contributed by atoms with Crippen LogP contribution in [0.5, 0.6) is 11.5 Å². The highest BCUT2D eigenvalue weighted by atomic mass is 19.1. The van der Waals surface area contributed by atoms with Gasteiger partial charge in [0.15, 0.2) is 23.1 Å². The van der Waals surface area contributed by atoms with Crippen molar-refractivity contribution in [2.24, 2.45) is 7.05 Å². The molecule has 4 aromatic rings. The third kappa shape index (κ3) is 5.27. The molecule has 0 spiro atoms. The number of benzene rings is 1. The first-order valence-corrected chi connectivity index (χ1v) is 13.2. The van der Waals surface area contributed by atoms with Crippen molar-refractivity contribution in [3.05, 3.63) is 47.4 Å². The van der Waals surface area contributed by atoms with Gasteiger partial charge in [0.25, 0.3) is 0 Å². The molecule has 0 saturated carbocycles. The average molecular weight is 580 g/mol. The van der Waals surface area contributed by atoms with Crippen LogP contribution in [0.2, 0.25) is 0 Å². The lowest BCUT2D eigenvalue weighted by atomic mass is 10.1. The predicted octanol–water partition coefficient (Wildman–Crippen LogP) is 4.29. The Balaban J connectivity index is 1.67. The fourth-order valence-corrected chi connectivity index (χ4v) is 4.84. The van der Waals surface area contributed by atoms with Gasteiger partial charge in [-0.2, -0.15) is 10.2 Å². The van der Waals surface area contributed by atoms with Crippen LogP contribution in [0.25, 0.3) is 22.2 Å². The Kier molecular flexibility index (Phi) is 7.40. The number of aryl methyl sites for hydroxylation is 1. The fraction of sp³-hybridized carbons (Fsp3) is 0.379. The molecule has 42 heavy (non-hydrogen) atoms. The number of methoxy groups -OCH3 is 2. The van der Waals surface area contributed by atoms with E-state index in [4.69, 9.17) is 25.0 Å². The summed E-state index contributed by atoms with van der Waals surface area (Å²) in [6, 6.07) is 2.66. The van der Waals surface area contributed by atoms with Crippen molar-refractivity contribution in [2.45, 2.75) is 38.8 Å². The summed E-state index contributed by atoms with van der Waals surface area (Å²) in [7, 11) is 4.31. The molecule has 5 rings (SSSR count). The summed E-state index contributed by atoms with van der Waals surface area (Å²) in [5, 5.41) is 9.68. The molecule has 0 unspecified atom stereocenters. The van der Waals surface area contributed by atoms with Crippen molar-refractivity contribution in [3.8, 4) is 34.6 Å². The highest BCUT2D eigenvalue weighted by Gasteiger charge is 2.33. The Morgan fingerprint density at radius 1 is 1.12 bits per heavy atom. The molecule has 11 nitrogen and oxygen atoms in total. The number of nitrogen functional groups attached to an aromatic ring is 1. The minimum atomic E-state index is -0.976. The lowest BCUT2D eigenvalue weighted by molar-refractivity contribution is 0.0288. The lowest BCUT2D eigenvalue weighted by Crippen LogP contribution is -2.35. The van der Waals surface area contributed by atoms with Crippen molar-refractivity contribution in [1.82, 2.24) is 29.4 Å². The quantitative estimate of drug-likeness (QED) is 0.356. The molecular weight excluding hydrogens is 548 g/mol. The highest BCUT2D eigenvalue weighted by molar-refractivity contribution is 6.01. The summed E-state index contributed by atoms with van der Waals surface area (Å²) in [5.41, 5.74) is 7.17. The summed E-state index contributed by atoms with van der Waals surface area (Å²) in [4.78, 5) is 18.8. The number of hydrogen-bond acceptors (Lipinski definition) is 8. The van der Waals surface area contributed by atoms with Gasteiger partial charge in [0.05, 0.1) is 36.9 Å². The molecule has 1 saturated heterocycles. The van der Waals surface area contributed by atoms with Gasteiger partial charge in [0.1, 0.15) is 22.7 Å². The monoisotopic (exact) mass is 579 g/mol. The number of carbonyl (C=O) groups excluding carboxylic acids is 1. The molecule has 0 bridgehead atoms. The Bertz CT molecular complexity index is 1720. The number of ether oxygens (including phenoxy) is 3. The smallest absolute Gasteiger partial charge is 0.410 e. The average Bonchev–Trinajstić information content (AvgIpc) is 3.67. The molecule has 1 aromatic carbocycles. The lowest BCUT2D eigenvalue weighted by Gasteiger charge is -2.24. The summed E-state index contributed by atoms with van der Waals surface area (Å²) in [6.45, 7) is 6.19. The van der Waals surface area contributed by atoms with Gasteiger partial charge in [-0.05, 0) is 39.2 Å². The maximum Gasteiger partial charge on any atom is 0.410 e. The number of nitrogens with zero attached hydrogens (tertiary/aromatic N) is 6. The molecule has 13 heteroatoms. The number of nitrogens with two attached hydrogens (primary N) is 1. The Morgan fingerprint density at radius 2 is 1.81 bits per heavy atom. The van der Waals surface area contributed by atoms with Gasteiger partial charge < -0.3 is 24.8 Å². The third-order valence-electron chi connectivity index (χ3n) is 6.78. The molecule has 220 valence electrons. The Hall–Kier alpha value is -4.86. The molecule has 0 radical (unpaired) electrons. The molecule has 4 heterocycles. The van der Waals surface area contributed by atoms with E-state index >= 15 is 8.78 Å². The zero-order valence-corrected chi connectivity index (χ0v) is 24.2. The van der Waals surface area contributed by atoms with E-state index in [-0.39, 0.29) is 29.1 Å². The van der Waals surface area contributed by atoms with E-state index < -0.39 is 28.9 Å². The van der Waals surface area contributed by atoms with Gasteiger partial charge in [-0.3, -0.25) is 9.36 Å². The van der Waals surface area contributed by atoms with E-state index in [0.717, 1.165) is 6.07 Å². The van der Waals surface area contributed by atoms with E-state index in [1.54, 1.807) is 33.7 Å². The van der Waals surface area contributed by atoms with Crippen molar-refractivity contribution < 1.29 is 27.8 Å². The van der Waals surface area contributed by atoms with E-state index in [9.17, 15) is 4.79 Å². The molecule has 1 aliphatic heterocycles. The highest BCUT2D eigenvalue weighted by Crippen LogP contribution is 2.36. The summed E-state index contributed by atoms with van der Waals surface area (Å²) in [5.74, 6) is 3.10. The number of fused-ring (bicyclic) bond motifs is 1. The standard InChI is InChI=1S/C29H31F2N7O4/c1-29(2,3)42-28(39)37-12-9-16(15-37)38-26-18(19-10-11-36(4)34-19)14-33-27(32)23(26)20(35-38)8-7-17-24(30)21(40-5)13-22(41-6)25(17)31/h10-11,13-14,16H,9,12,15H2,1-6H3,(H2,32,33)/t16-/m0/s1. The molecular formula is C29H31F2N7O4. The van der Waals surface area contributed by atoms with Crippen LogP contribution in [-0.4, -0.2) is 68.4 Å². The largest absolute Gasteiger partial charge is 0.493 e. The van der Waals surface area contributed by atoms with Crippen LogP contribution < -0.4 is 15.2 Å². The molecule has 1 atom stereocenters. The van der Waals surface area contributed by atoms with Crippen LogP contribution in [0.3, 0.4) is 0 Å². The minimum Gasteiger partial charge on any atom is -0.493 e. The van der Waals surface area contributed by atoms with Gasteiger partial charge in [-0.1, -0.05) is 5.92 Å². The number of amides is 1. The van der Waals surface area contributed by atoms with Gasteiger partial charge in [0, 0.05) is 44.2 Å². The molecule has 3 aromatic heterocycles. The van der Waals surface area contributed by atoms with Crippen LogP contribution in [0.1, 0.15) is 44.5 Å². The second kappa shape index (κ2) is 10.8. The molecule has 2 N–H and O–H groups in total. The Morgan fingerprint density at radius 3 is 2.40 bits per heavy atom. The van der Waals surface area contributed by atoms with Crippen molar-refractivity contribution in [1.29, 1.82) is 0 Å². The van der Waals surface area contributed by atoms with E-state index in [2.05, 4.69) is 21.9 Å². The van der Waals surface area contributed by atoms with Crippen LogP contribution in [0.4, 0.5) is 19.4 Å². The van der Waals surface area contributed by atoms with Gasteiger partial charge >= 0.3 is 6.09 Å². The number of anilines is 1. The normalized spacial score (nSPS) is 15.0. The van der Waals surface area contributed by atoms with E-state index in [0.29, 0.717) is 41.7 Å². The van der Waals surface area contributed by atoms with Crippen LogP contribution in [0.15, 0.2) is 24.5 Å². The van der Waals surface area contributed by atoms with Crippen LogP contribution >= 0.6 is 0 Å². The molecule has 1 aliphatic rings. The summed E-state index contributed by atoms with van der Waals surface area (Å²) < 4.78 is 49.2. The van der Waals surface area contributed by atoms with Gasteiger partial charge in [0.2, 0.25) is 0 Å². The predicted molar refractivity (Wildman–Crippen MR) is 151 cm³/mol. The molecule has 1 amide bonds. The maximum atomic E-state index is 15.1. The number of rotatable bonds is 4. The number of likely N-dealkylation sites (tertiary alicyclic amines) is 1. The maximum absolute atomic E-state index is 15.1. The number of carbonyl (C=O) groups is 1. The third-order valence-corrected chi connectivity index (χ3v) is 6.78. The van der Waals surface area contributed by atoms with E-state index in [1.807, 2.05) is 26.8 Å². The van der Waals surface area contributed by atoms with Crippen molar-refractivity contribution in [3.63, 3.8) is 0 Å². The molecule has 0 aliphatic carbocycles. The minimum absolute atomic E-state index is 0.131. The van der Waals surface area contributed by atoms with Crippen molar-refractivity contribution in [2.75, 3.05) is 33.0 Å². The number of aromatic nitrogens is 5. The second-order valence-corrected chi connectivity index (χ2v) is 10.9. The molecule has 1 fully saturated rings. The van der Waals surface area contributed by atoms with Crippen LogP contribution in [-0.2, 0) is 11.8 Å². The SMILES string of the molecule is COc1cc(OC)c(F)c(C#Cc2nn([C@H]3CCN(C(=O)OC(C)(C)C)C3)c3c(-c4ccn(C)n4)cnc(N)c23)c1F. The number of halogens is 2. The Labute approximate surface area is 241 Å². The zero-order chi connectivity index (χ0) is 30.3. The van der Waals surface area contributed by atoms with Crippen LogP contribution in [0, 0.1) is 23.5 Å². The number of hydrogen-bond donors (Lipinski definition) is 1. The first-order chi connectivity index (χ1) is 19.9. The first kappa shape index (κ1) is 28.7. The van der Waals surface area contributed by atoms with Crippen molar-refractivity contribution >= 4 is 22.8 Å². The zero-order valence-electron chi connectivity index (χ0n) is 24.2. The first-order valence-electron chi connectivity index (χ1n) is 13.2. The van der Waals surface area contributed by atoms with E-state index in [1.165, 1.54) is 14.2 Å². The fourth-order valence-electron chi connectivity index (χ4n) is 4.84. The second-order valence-electron chi connectivity index (χ2n) is 10.9. The summed E-state index contributed by atoms with van der Waals surface area (Å²) in [6.07, 6.45) is 3.54. The van der Waals surface area contributed by atoms with Gasteiger partial charge in [-0.25, -0.2) is 18.6 Å².